The first-order chi connectivity index (χ1) is 12.8. The smallest absolute Gasteiger partial charge is 0.251 e. The van der Waals surface area contributed by atoms with Gasteiger partial charge >= 0.3 is 0 Å². The van der Waals surface area contributed by atoms with Crippen LogP contribution in [0.2, 0.25) is 5.02 Å². The Bertz CT molecular complexity index is 758. The van der Waals surface area contributed by atoms with Crippen molar-refractivity contribution in [1.29, 1.82) is 0 Å². The third-order valence-electron chi connectivity index (χ3n) is 5.08. The van der Waals surface area contributed by atoms with Gasteiger partial charge in [0.1, 0.15) is 5.82 Å². The lowest BCUT2D eigenvalue weighted by molar-refractivity contribution is 0.0936. The molecule has 3 rings (SSSR count). The van der Waals surface area contributed by atoms with E-state index in [2.05, 4.69) is 14.9 Å². The number of halogens is 2. The predicted molar refractivity (Wildman–Crippen MR) is 103 cm³/mol. The Labute approximate surface area is 164 Å². The largest absolute Gasteiger partial charge is 0.352 e. The van der Waals surface area contributed by atoms with Gasteiger partial charge in [-0.3, -0.25) is 4.79 Å². The molecule has 0 radical (unpaired) electrons. The number of nitrogens with one attached hydrogen (secondary N) is 2. The fourth-order valence-corrected chi connectivity index (χ4v) is 4.87. The molecular weight excluding hydrogens is 393 g/mol. The zero-order chi connectivity index (χ0) is 19.4. The van der Waals surface area contributed by atoms with Gasteiger partial charge in [0, 0.05) is 30.2 Å². The van der Waals surface area contributed by atoms with E-state index in [9.17, 15) is 17.6 Å². The second-order valence-electron chi connectivity index (χ2n) is 7.29. The Morgan fingerprint density at radius 3 is 2.52 bits per heavy atom. The van der Waals surface area contributed by atoms with Crippen LogP contribution in [0, 0.1) is 11.7 Å². The Balaban J connectivity index is 1.35. The highest BCUT2D eigenvalue weighted by Gasteiger charge is 2.35. The van der Waals surface area contributed by atoms with Gasteiger partial charge < -0.3 is 10.2 Å². The van der Waals surface area contributed by atoms with Crippen molar-refractivity contribution >= 4 is 27.5 Å². The van der Waals surface area contributed by atoms with Gasteiger partial charge in [-0.25, -0.2) is 17.5 Å². The van der Waals surface area contributed by atoms with Crippen LogP contribution in [-0.4, -0.2) is 57.2 Å². The summed E-state index contributed by atoms with van der Waals surface area (Å²) in [6, 6.07) is 3.79. The maximum Gasteiger partial charge on any atom is 0.251 e. The average Bonchev–Trinajstić information content (AvgIpc) is 3.45. The summed E-state index contributed by atoms with van der Waals surface area (Å²) in [5, 5.41) is 2.87. The zero-order valence-corrected chi connectivity index (χ0v) is 16.7. The molecule has 2 fully saturated rings. The molecule has 0 bridgehead atoms. The normalized spacial score (nSPS) is 19.2. The molecule has 2 aliphatic rings. The molecule has 1 saturated heterocycles. The van der Waals surface area contributed by atoms with Gasteiger partial charge in [-0.2, -0.15) is 0 Å². The van der Waals surface area contributed by atoms with Crippen LogP contribution in [0.25, 0.3) is 0 Å². The van der Waals surface area contributed by atoms with E-state index in [-0.39, 0.29) is 21.7 Å². The molecule has 1 aromatic rings. The summed E-state index contributed by atoms with van der Waals surface area (Å²) >= 11 is 5.78. The summed E-state index contributed by atoms with van der Waals surface area (Å²) in [6.07, 6.45) is 3.40. The number of nitrogens with zero attached hydrogens (tertiary/aromatic N) is 1. The zero-order valence-electron chi connectivity index (χ0n) is 15.1. The van der Waals surface area contributed by atoms with Gasteiger partial charge in [-0.05, 0) is 62.9 Å². The maximum atomic E-state index is 13.3. The number of hydrogen-bond acceptors (Lipinski definition) is 4. The van der Waals surface area contributed by atoms with E-state index in [4.69, 9.17) is 11.6 Å². The highest BCUT2D eigenvalue weighted by Crippen LogP contribution is 2.27. The van der Waals surface area contributed by atoms with E-state index < -0.39 is 15.8 Å². The van der Waals surface area contributed by atoms with Crippen molar-refractivity contribution in [3.8, 4) is 0 Å². The molecule has 0 unspecified atom stereocenters. The van der Waals surface area contributed by atoms with Gasteiger partial charge in [0.05, 0.1) is 5.25 Å². The molecule has 9 heteroatoms. The lowest BCUT2D eigenvalue weighted by Gasteiger charge is -2.32. The molecule has 1 aliphatic heterocycles. The van der Waals surface area contributed by atoms with Crippen molar-refractivity contribution in [1.82, 2.24) is 14.9 Å². The predicted octanol–water partition coefficient (Wildman–Crippen LogP) is 2.00. The molecule has 6 nitrogen and oxygen atoms in total. The number of benzene rings is 1. The number of hydrogen-bond donors (Lipinski definition) is 2. The van der Waals surface area contributed by atoms with E-state index in [1.807, 2.05) is 0 Å². The highest BCUT2D eigenvalue weighted by atomic mass is 35.5. The van der Waals surface area contributed by atoms with Crippen LogP contribution < -0.4 is 10.0 Å². The topological polar surface area (TPSA) is 78.5 Å². The van der Waals surface area contributed by atoms with Crippen molar-refractivity contribution in [3.63, 3.8) is 0 Å². The number of rotatable bonds is 8. The number of sulfonamides is 1. The molecule has 0 atom stereocenters. The Kier molecular flexibility index (Phi) is 6.73. The minimum Gasteiger partial charge on any atom is -0.352 e. The first-order valence-electron chi connectivity index (χ1n) is 9.28. The van der Waals surface area contributed by atoms with E-state index in [1.165, 1.54) is 18.2 Å². The Hall–Kier alpha value is -1.22. The molecule has 1 aromatic carbocycles. The minimum absolute atomic E-state index is 0.181. The standard InChI is InChI=1S/C18H25ClFN3O3S/c19-15-9-14(10-16(20)11-15)18(24)21-12-13-3-6-23(7-4-13)8-5-22-27(25,26)17-1-2-17/h9-11,13,17,22H,1-8,12H2,(H,21,24). The third-order valence-corrected chi connectivity index (χ3v) is 7.25. The van der Waals surface area contributed by atoms with Gasteiger partial charge in [-0.1, -0.05) is 11.6 Å². The Morgan fingerprint density at radius 1 is 1.19 bits per heavy atom. The number of amides is 1. The van der Waals surface area contributed by atoms with Crippen LogP contribution in [0.1, 0.15) is 36.0 Å². The molecule has 1 aliphatic carbocycles. The second-order valence-corrected chi connectivity index (χ2v) is 9.77. The van der Waals surface area contributed by atoms with E-state index in [0.29, 0.717) is 25.6 Å². The van der Waals surface area contributed by atoms with Crippen LogP contribution in [0.3, 0.4) is 0 Å². The number of piperidine rings is 1. The summed E-state index contributed by atoms with van der Waals surface area (Å²) in [4.78, 5) is 14.4. The minimum atomic E-state index is -3.11. The van der Waals surface area contributed by atoms with Crippen molar-refractivity contribution in [2.45, 2.75) is 30.9 Å². The summed E-state index contributed by atoms with van der Waals surface area (Å²) in [5.74, 6) is -0.496. The van der Waals surface area contributed by atoms with Crippen LogP contribution in [-0.2, 0) is 10.0 Å². The van der Waals surface area contributed by atoms with Crippen LogP contribution in [0.5, 0.6) is 0 Å². The number of carbonyl (C=O) groups is 1. The maximum absolute atomic E-state index is 13.3. The van der Waals surface area contributed by atoms with E-state index >= 15 is 0 Å². The highest BCUT2D eigenvalue weighted by molar-refractivity contribution is 7.90. The lowest BCUT2D eigenvalue weighted by Crippen LogP contribution is -2.42. The third kappa shape index (κ3) is 6.14. The van der Waals surface area contributed by atoms with Crippen LogP contribution in [0.4, 0.5) is 4.39 Å². The van der Waals surface area contributed by atoms with Crippen molar-refractivity contribution in [3.05, 3.63) is 34.6 Å². The van der Waals surface area contributed by atoms with Gasteiger partial charge in [0.25, 0.3) is 5.91 Å². The molecule has 1 heterocycles. The van der Waals surface area contributed by atoms with Gasteiger partial charge in [0.15, 0.2) is 0 Å². The van der Waals surface area contributed by atoms with Crippen LogP contribution >= 0.6 is 11.6 Å². The van der Waals surface area contributed by atoms with Gasteiger partial charge in [-0.15, -0.1) is 0 Å². The van der Waals surface area contributed by atoms with Gasteiger partial charge in [0.2, 0.25) is 10.0 Å². The van der Waals surface area contributed by atoms with Crippen molar-refractivity contribution in [2.75, 3.05) is 32.7 Å². The molecule has 27 heavy (non-hydrogen) atoms. The second kappa shape index (κ2) is 8.86. The van der Waals surface area contributed by atoms with Crippen LogP contribution in [0.15, 0.2) is 18.2 Å². The summed E-state index contributed by atoms with van der Waals surface area (Å²) in [5.41, 5.74) is 0.223. The van der Waals surface area contributed by atoms with Crippen molar-refractivity contribution < 1.29 is 17.6 Å². The Morgan fingerprint density at radius 2 is 1.89 bits per heavy atom. The van der Waals surface area contributed by atoms with E-state index in [0.717, 1.165) is 38.8 Å². The lowest BCUT2D eigenvalue weighted by atomic mass is 9.96. The summed E-state index contributed by atoms with van der Waals surface area (Å²) in [6.45, 7) is 3.43. The number of likely N-dealkylation sites (tertiary alicyclic amines) is 1. The molecule has 2 N–H and O–H groups in total. The molecule has 1 saturated carbocycles. The quantitative estimate of drug-likeness (QED) is 0.678. The monoisotopic (exact) mass is 417 g/mol. The molecule has 0 aromatic heterocycles. The molecule has 1 amide bonds. The van der Waals surface area contributed by atoms with E-state index in [1.54, 1.807) is 0 Å². The fourth-order valence-electron chi connectivity index (χ4n) is 3.28. The molecule has 150 valence electrons. The van der Waals surface area contributed by atoms with Crippen molar-refractivity contribution in [2.24, 2.45) is 5.92 Å². The summed E-state index contributed by atoms with van der Waals surface area (Å²) < 4.78 is 39.6. The molecule has 0 spiro atoms. The average molecular weight is 418 g/mol. The first-order valence-corrected chi connectivity index (χ1v) is 11.2. The summed E-state index contributed by atoms with van der Waals surface area (Å²) in [7, 11) is -3.11. The SMILES string of the molecule is O=C(NCC1CCN(CCNS(=O)(=O)C2CC2)CC1)c1cc(F)cc(Cl)c1. The first kappa shape index (κ1) is 20.5. The number of carbonyl (C=O) groups excluding carboxylic acids is 1. The fraction of sp³-hybridized carbons (Fsp3) is 0.611. The molecular formula is C18H25ClFN3O3S.